The van der Waals surface area contributed by atoms with Crippen LogP contribution in [0.1, 0.15) is 6.92 Å². The van der Waals surface area contributed by atoms with E-state index in [4.69, 9.17) is 10.6 Å². The van der Waals surface area contributed by atoms with Gasteiger partial charge in [0.25, 0.3) is 0 Å². The second kappa shape index (κ2) is 6.05. The molecule has 6 nitrogen and oxygen atoms in total. The first-order valence-corrected chi connectivity index (χ1v) is 3.72. The number of carboxylic acids is 1. The third kappa shape index (κ3) is 4.84. The summed E-state index contributed by atoms with van der Waals surface area (Å²) in [5.41, 5.74) is 8.47. The van der Waals surface area contributed by atoms with Gasteiger partial charge >= 0.3 is 5.97 Å². The van der Waals surface area contributed by atoms with Crippen LogP contribution in [0.15, 0.2) is 17.3 Å². The minimum atomic E-state index is -0.978. The lowest BCUT2D eigenvalue weighted by Gasteiger charge is -2.12. The van der Waals surface area contributed by atoms with Crippen molar-refractivity contribution >= 4 is 5.97 Å². The van der Waals surface area contributed by atoms with Gasteiger partial charge in [-0.2, -0.15) is 0 Å². The van der Waals surface area contributed by atoms with E-state index < -0.39 is 12.0 Å². The summed E-state index contributed by atoms with van der Waals surface area (Å²) in [6.45, 7) is 5.71. The number of carbonyl (C=O) groups is 1. The van der Waals surface area contributed by atoms with Gasteiger partial charge in [0.1, 0.15) is 6.04 Å². The van der Waals surface area contributed by atoms with Gasteiger partial charge in [-0.3, -0.25) is 4.79 Å². The van der Waals surface area contributed by atoms with Crippen LogP contribution in [0.4, 0.5) is 0 Å². The summed E-state index contributed by atoms with van der Waals surface area (Å²) in [5.74, 6) is -0.978. The Balaban J connectivity index is 3.90. The molecule has 0 bridgehead atoms. The van der Waals surface area contributed by atoms with Crippen molar-refractivity contribution in [1.29, 1.82) is 0 Å². The zero-order chi connectivity index (χ0) is 10.3. The Kier molecular flexibility index (Phi) is 5.34. The van der Waals surface area contributed by atoms with Crippen molar-refractivity contribution in [2.45, 2.75) is 13.0 Å². The third-order valence-electron chi connectivity index (χ3n) is 1.36. The molecule has 0 aliphatic heterocycles. The number of azide groups is 1. The third-order valence-corrected chi connectivity index (χ3v) is 1.36. The molecule has 2 N–H and O–H groups in total. The second-order valence-corrected chi connectivity index (χ2v) is 2.53. The van der Waals surface area contributed by atoms with Crippen molar-refractivity contribution in [3.8, 4) is 0 Å². The first kappa shape index (κ1) is 11.5. The van der Waals surface area contributed by atoms with Crippen LogP contribution < -0.4 is 5.32 Å². The molecule has 0 aliphatic rings. The summed E-state index contributed by atoms with van der Waals surface area (Å²) < 4.78 is 0. The Hall–Kier alpha value is -1.52. The van der Waals surface area contributed by atoms with Crippen molar-refractivity contribution in [3.05, 3.63) is 22.6 Å². The quantitative estimate of drug-likeness (QED) is 0.211. The van der Waals surface area contributed by atoms with Gasteiger partial charge in [0.05, 0.1) is 0 Å². The number of rotatable bonds is 6. The highest BCUT2D eigenvalue weighted by Crippen LogP contribution is 1.97. The summed E-state index contributed by atoms with van der Waals surface area (Å²) in [5, 5.41) is 14.6. The van der Waals surface area contributed by atoms with Crippen LogP contribution in [0, 0.1) is 0 Å². The zero-order valence-corrected chi connectivity index (χ0v) is 7.40. The molecule has 0 amide bonds. The van der Waals surface area contributed by atoms with Gasteiger partial charge in [-0.15, -0.1) is 0 Å². The van der Waals surface area contributed by atoms with Crippen LogP contribution in [0.25, 0.3) is 10.4 Å². The molecular weight excluding hydrogens is 172 g/mol. The fraction of sp³-hybridized carbons (Fsp3) is 0.571. The molecule has 0 aliphatic carbocycles. The molecule has 0 fully saturated rings. The molecule has 0 radical (unpaired) electrons. The average Bonchev–Trinajstić information content (AvgIpc) is 2.02. The fourth-order valence-corrected chi connectivity index (χ4v) is 0.776. The van der Waals surface area contributed by atoms with E-state index >= 15 is 0 Å². The fourth-order valence-electron chi connectivity index (χ4n) is 0.776. The number of nitrogens with zero attached hydrogens (tertiary/aromatic N) is 3. The smallest absolute Gasteiger partial charge is 0.324 e. The predicted molar refractivity (Wildman–Crippen MR) is 48.3 cm³/mol. The molecule has 0 saturated carbocycles. The summed E-state index contributed by atoms with van der Waals surface area (Å²) in [4.78, 5) is 13.1. The maximum Gasteiger partial charge on any atom is 0.324 e. The van der Waals surface area contributed by atoms with E-state index in [9.17, 15) is 4.79 Å². The lowest BCUT2D eigenvalue weighted by Crippen LogP contribution is -2.38. The summed E-state index contributed by atoms with van der Waals surface area (Å²) >= 11 is 0. The Morgan fingerprint density at radius 1 is 1.85 bits per heavy atom. The molecule has 72 valence electrons. The number of nitrogens with one attached hydrogen (secondary N) is 1. The molecular formula is C7H12N4O2. The summed E-state index contributed by atoms with van der Waals surface area (Å²) in [6, 6.07) is -0.770. The van der Waals surface area contributed by atoms with E-state index in [1.54, 1.807) is 6.92 Å². The molecule has 0 aromatic rings. The van der Waals surface area contributed by atoms with Gasteiger partial charge < -0.3 is 10.4 Å². The van der Waals surface area contributed by atoms with Gasteiger partial charge in [-0.25, -0.2) is 0 Å². The molecule has 0 heterocycles. The normalized spacial score (nSPS) is 11.5. The summed E-state index contributed by atoms with van der Waals surface area (Å²) in [6.07, 6.45) is 0. The van der Waals surface area contributed by atoms with Gasteiger partial charge in [-0.05, 0) is 12.5 Å². The highest BCUT2D eigenvalue weighted by atomic mass is 16.4. The molecule has 0 saturated heterocycles. The standard InChI is InChI=1S/C7H12N4O2/c1-5(2)6(7(12)13)9-3-4-10-11-8/h6,9H,1,3-4H2,2H3,(H,12,13). The summed E-state index contributed by atoms with van der Waals surface area (Å²) in [7, 11) is 0. The van der Waals surface area contributed by atoms with E-state index in [2.05, 4.69) is 21.9 Å². The number of aliphatic carboxylic acids is 1. The van der Waals surface area contributed by atoms with Crippen LogP contribution in [-0.4, -0.2) is 30.2 Å². The number of hydrogen-bond acceptors (Lipinski definition) is 3. The molecule has 1 unspecified atom stereocenters. The predicted octanol–water partition coefficient (Wildman–Crippen LogP) is 0.916. The van der Waals surface area contributed by atoms with Crippen LogP contribution in [0.5, 0.6) is 0 Å². The second-order valence-electron chi connectivity index (χ2n) is 2.53. The van der Waals surface area contributed by atoms with Crippen molar-refractivity contribution in [2.24, 2.45) is 5.11 Å². The van der Waals surface area contributed by atoms with Gasteiger partial charge in [-0.1, -0.05) is 17.3 Å². The zero-order valence-electron chi connectivity index (χ0n) is 7.40. The van der Waals surface area contributed by atoms with Crippen molar-refractivity contribution in [2.75, 3.05) is 13.1 Å². The van der Waals surface area contributed by atoms with E-state index in [0.29, 0.717) is 12.1 Å². The van der Waals surface area contributed by atoms with Crippen LogP contribution in [0.3, 0.4) is 0 Å². The molecule has 0 spiro atoms. The first-order chi connectivity index (χ1) is 6.09. The monoisotopic (exact) mass is 184 g/mol. The van der Waals surface area contributed by atoms with Crippen molar-refractivity contribution < 1.29 is 9.90 Å². The molecule has 0 rings (SSSR count). The average molecular weight is 184 g/mol. The highest BCUT2D eigenvalue weighted by Gasteiger charge is 2.15. The maximum atomic E-state index is 10.6. The lowest BCUT2D eigenvalue weighted by molar-refractivity contribution is -0.138. The lowest BCUT2D eigenvalue weighted by atomic mass is 10.1. The molecule has 0 aromatic heterocycles. The van der Waals surface area contributed by atoms with Crippen LogP contribution >= 0.6 is 0 Å². The van der Waals surface area contributed by atoms with E-state index in [-0.39, 0.29) is 6.54 Å². The minimum absolute atomic E-state index is 0.230. The van der Waals surface area contributed by atoms with Crippen molar-refractivity contribution in [3.63, 3.8) is 0 Å². The molecule has 13 heavy (non-hydrogen) atoms. The van der Waals surface area contributed by atoms with E-state index in [1.165, 1.54) is 0 Å². The number of hydrogen-bond donors (Lipinski definition) is 2. The SMILES string of the molecule is C=C(C)C(NCCN=[N+]=[N-])C(=O)O. The van der Waals surface area contributed by atoms with E-state index in [1.807, 2.05) is 0 Å². The van der Waals surface area contributed by atoms with E-state index in [0.717, 1.165) is 0 Å². The first-order valence-electron chi connectivity index (χ1n) is 3.72. The maximum absolute atomic E-state index is 10.6. The number of carboxylic acid groups (broad SMARTS) is 1. The largest absolute Gasteiger partial charge is 0.480 e. The van der Waals surface area contributed by atoms with Gasteiger partial charge in [0, 0.05) is 18.0 Å². The topological polar surface area (TPSA) is 98.1 Å². The Morgan fingerprint density at radius 3 is 2.85 bits per heavy atom. The van der Waals surface area contributed by atoms with Gasteiger partial charge in [0.2, 0.25) is 0 Å². The Bertz CT molecular complexity index is 231. The van der Waals surface area contributed by atoms with Crippen LogP contribution in [0.2, 0.25) is 0 Å². The van der Waals surface area contributed by atoms with Gasteiger partial charge in [0.15, 0.2) is 0 Å². The molecule has 1 atom stereocenters. The Morgan fingerprint density at radius 2 is 2.46 bits per heavy atom. The molecule has 0 aromatic carbocycles. The Labute approximate surface area is 75.9 Å². The molecule has 6 heteroatoms. The minimum Gasteiger partial charge on any atom is -0.480 e. The van der Waals surface area contributed by atoms with Crippen LogP contribution in [-0.2, 0) is 4.79 Å². The van der Waals surface area contributed by atoms with Crippen molar-refractivity contribution in [1.82, 2.24) is 5.32 Å². The highest BCUT2D eigenvalue weighted by molar-refractivity contribution is 5.77.